The van der Waals surface area contributed by atoms with Gasteiger partial charge in [0, 0.05) is 0 Å². The molecule has 0 fully saturated rings. The summed E-state index contributed by atoms with van der Waals surface area (Å²) in [6, 6.07) is 0. The van der Waals surface area contributed by atoms with Gasteiger partial charge >= 0.3 is 121 Å². The molecule has 0 saturated heterocycles. The molecule has 37 heavy (non-hydrogen) atoms. The number of ketones is 4. The minimum atomic E-state index is -1.62. The van der Waals surface area contributed by atoms with Gasteiger partial charge in [0.25, 0.3) is 0 Å². The third-order valence-corrected chi connectivity index (χ3v) is 9.55. The van der Waals surface area contributed by atoms with E-state index in [0.29, 0.717) is 0 Å². The summed E-state index contributed by atoms with van der Waals surface area (Å²) in [7, 11) is 0. The first-order valence-electron chi connectivity index (χ1n) is 13.5. The van der Waals surface area contributed by atoms with Gasteiger partial charge in [-0.25, -0.2) is 0 Å². The summed E-state index contributed by atoms with van der Waals surface area (Å²) >= 11 is 0.0736. The van der Waals surface area contributed by atoms with Crippen LogP contribution >= 0.6 is 0 Å². The molecule has 0 heterocycles. The second-order valence-corrected chi connectivity index (χ2v) is 13.5. The van der Waals surface area contributed by atoms with E-state index >= 15 is 0 Å². The Kier molecular flexibility index (Phi) is 29.6. The van der Waals surface area contributed by atoms with E-state index < -0.39 is 46.9 Å². The Morgan fingerprint density at radius 3 is 0.919 bits per heavy atom. The van der Waals surface area contributed by atoms with Crippen molar-refractivity contribution in [1.29, 1.82) is 0 Å². The summed E-state index contributed by atoms with van der Waals surface area (Å²) in [5.41, 5.74) is 0. The number of hydrogen-bond donors (Lipinski definition) is 0. The van der Waals surface area contributed by atoms with Crippen molar-refractivity contribution in [3.8, 4) is 0 Å². The standard InChI is InChI=1S/2C8H17.2C6H8O4.Sn/c2*1-3-5-7-8-6-4-2;2*1-3(7)5(4(2)8)6(9)10;/h2*1,3-8H2,2H3;2*5H,1-2H3,(H,9,10);/q;;;;+2/p-2. The Labute approximate surface area is 234 Å². The van der Waals surface area contributed by atoms with Gasteiger partial charge in [0.15, 0.2) is 0 Å². The van der Waals surface area contributed by atoms with Crippen LogP contribution in [0.5, 0.6) is 0 Å². The van der Waals surface area contributed by atoms with Crippen molar-refractivity contribution in [2.45, 2.75) is 127 Å². The molecule has 0 aliphatic carbocycles. The van der Waals surface area contributed by atoms with Crippen LogP contribution < -0.4 is 10.2 Å². The van der Waals surface area contributed by atoms with Crippen molar-refractivity contribution in [1.82, 2.24) is 0 Å². The molecule has 0 saturated carbocycles. The Hall–Kier alpha value is -1.58. The van der Waals surface area contributed by atoms with Gasteiger partial charge in [0.1, 0.15) is 35.0 Å². The molecule has 0 unspecified atom stereocenters. The van der Waals surface area contributed by atoms with Gasteiger partial charge in [-0.1, -0.05) is 0 Å². The SMILES string of the molecule is CC(=O)C(C(C)=O)C(=O)[O-].CC(=O)C(C(C)=O)C(=O)[O-].CCCCCCC[CH2][Sn+2][CH2]CCCCCCC. The molecule has 0 spiro atoms. The van der Waals surface area contributed by atoms with Crippen molar-refractivity contribution < 1.29 is 39.0 Å². The summed E-state index contributed by atoms with van der Waals surface area (Å²) < 4.78 is 3.31. The third kappa shape index (κ3) is 27.3. The molecule has 0 radical (unpaired) electrons. The quantitative estimate of drug-likeness (QED) is 0.113. The molecule has 0 rings (SSSR count). The molecule has 0 bridgehead atoms. The Balaban J connectivity index is -0.000000499. The zero-order valence-electron chi connectivity index (χ0n) is 23.8. The van der Waals surface area contributed by atoms with E-state index in [4.69, 9.17) is 0 Å². The van der Waals surface area contributed by atoms with E-state index in [1.807, 2.05) is 0 Å². The zero-order chi connectivity index (χ0) is 29.2. The van der Waals surface area contributed by atoms with Gasteiger partial charge in [-0.05, 0) is 27.7 Å². The maximum atomic E-state index is 10.4. The van der Waals surface area contributed by atoms with Gasteiger partial charge in [-0.15, -0.1) is 0 Å². The summed E-state index contributed by atoms with van der Waals surface area (Å²) in [5.74, 6) is -9.17. The van der Waals surface area contributed by atoms with E-state index in [9.17, 15) is 39.0 Å². The van der Waals surface area contributed by atoms with Crippen LogP contribution in [0.4, 0.5) is 0 Å². The monoisotopic (exact) mass is 632 g/mol. The molecule has 0 aromatic rings. The van der Waals surface area contributed by atoms with Crippen LogP contribution in [0.2, 0.25) is 8.87 Å². The average molecular weight is 631 g/mol. The third-order valence-electron chi connectivity index (χ3n) is 5.51. The first kappa shape index (κ1) is 39.9. The number of aliphatic carboxylic acids is 2. The molecule has 0 aliphatic heterocycles. The Morgan fingerprint density at radius 2 is 0.730 bits per heavy atom. The predicted octanol–water partition coefficient (Wildman–Crippen LogP) is 3.31. The number of unbranched alkanes of at least 4 members (excludes halogenated alkanes) is 10. The van der Waals surface area contributed by atoms with E-state index in [-0.39, 0.29) is 21.1 Å². The van der Waals surface area contributed by atoms with Crippen LogP contribution in [0.15, 0.2) is 0 Å². The van der Waals surface area contributed by atoms with Crippen molar-refractivity contribution >= 4 is 56.2 Å². The number of carbonyl (C=O) groups is 6. The summed E-state index contributed by atoms with van der Waals surface area (Å²) in [4.78, 5) is 61.6. The van der Waals surface area contributed by atoms with Gasteiger partial charge in [0.2, 0.25) is 0 Å². The van der Waals surface area contributed by atoms with E-state index in [1.165, 1.54) is 64.2 Å². The number of Topliss-reactive ketones (excluding diaryl/α,β-unsaturated/α-hetero) is 4. The van der Waals surface area contributed by atoms with Crippen molar-refractivity contribution in [3.63, 3.8) is 0 Å². The summed E-state index contributed by atoms with van der Waals surface area (Å²) in [6.07, 6.45) is 17.8. The fourth-order valence-electron chi connectivity index (χ4n) is 3.42. The normalized spacial score (nSPS) is 9.95. The van der Waals surface area contributed by atoms with Gasteiger partial charge in [-0.2, -0.15) is 0 Å². The van der Waals surface area contributed by atoms with Gasteiger partial charge < -0.3 is 19.8 Å². The number of carbonyl (C=O) groups excluding carboxylic acids is 6. The van der Waals surface area contributed by atoms with E-state index in [1.54, 1.807) is 21.7 Å². The zero-order valence-corrected chi connectivity index (χ0v) is 26.7. The van der Waals surface area contributed by atoms with Crippen LogP contribution in [-0.2, 0) is 28.8 Å². The molecular formula is C28H48O8Sn. The van der Waals surface area contributed by atoms with Crippen molar-refractivity contribution in [2.75, 3.05) is 0 Å². The Morgan fingerprint density at radius 1 is 0.486 bits per heavy atom. The van der Waals surface area contributed by atoms with Gasteiger partial charge in [-0.3, -0.25) is 19.2 Å². The average Bonchev–Trinajstić information content (AvgIpc) is 2.76. The molecule has 0 amide bonds. The van der Waals surface area contributed by atoms with Crippen LogP contribution in [-0.4, -0.2) is 56.2 Å². The first-order valence-corrected chi connectivity index (χ1v) is 17.5. The van der Waals surface area contributed by atoms with Gasteiger partial charge in [0.05, 0.1) is 11.9 Å². The first-order chi connectivity index (χ1) is 17.3. The van der Waals surface area contributed by atoms with Crippen LogP contribution in [0.3, 0.4) is 0 Å². The maximum absolute atomic E-state index is 10.4. The molecule has 0 aromatic heterocycles. The molecule has 9 heteroatoms. The molecular weight excluding hydrogens is 583 g/mol. The molecule has 8 nitrogen and oxygen atoms in total. The second-order valence-electron chi connectivity index (χ2n) is 9.23. The molecule has 0 aliphatic rings. The Bertz CT molecular complexity index is 553. The van der Waals surface area contributed by atoms with Crippen molar-refractivity contribution in [3.05, 3.63) is 0 Å². The molecule has 0 atom stereocenters. The van der Waals surface area contributed by atoms with Crippen LogP contribution in [0, 0.1) is 11.8 Å². The number of carboxylic acids is 2. The molecule has 0 N–H and O–H groups in total. The molecule has 0 aromatic carbocycles. The van der Waals surface area contributed by atoms with Crippen LogP contribution in [0.1, 0.15) is 119 Å². The number of carboxylic acid groups (broad SMARTS) is 2. The van der Waals surface area contributed by atoms with Crippen LogP contribution in [0.25, 0.3) is 0 Å². The minimum absolute atomic E-state index is 0.0736. The fraction of sp³-hybridized carbons (Fsp3) is 0.786. The van der Waals surface area contributed by atoms with E-state index in [2.05, 4.69) is 13.8 Å². The summed E-state index contributed by atoms with van der Waals surface area (Å²) in [6.45, 7) is 8.78. The fourth-order valence-corrected chi connectivity index (χ4v) is 6.99. The van der Waals surface area contributed by atoms with Crippen molar-refractivity contribution in [2.24, 2.45) is 11.8 Å². The number of hydrogen-bond acceptors (Lipinski definition) is 8. The predicted molar refractivity (Wildman–Crippen MR) is 142 cm³/mol. The second kappa shape index (κ2) is 27.5. The van der Waals surface area contributed by atoms with E-state index in [0.717, 1.165) is 27.7 Å². The summed E-state index contributed by atoms with van der Waals surface area (Å²) in [5, 5.41) is 20.1. The molecule has 212 valence electrons. The topological polar surface area (TPSA) is 149 Å². The number of rotatable bonds is 20.